The van der Waals surface area contributed by atoms with Crippen molar-refractivity contribution in [3.05, 3.63) is 30.1 Å². The Labute approximate surface area is 86.3 Å². The van der Waals surface area contributed by atoms with Crippen LogP contribution in [0.1, 0.15) is 18.5 Å². The second-order valence-electron chi connectivity index (χ2n) is 3.44. The van der Waals surface area contributed by atoms with Gasteiger partial charge in [0.1, 0.15) is 0 Å². The Bertz CT molecular complexity index is 284. The first-order valence-corrected chi connectivity index (χ1v) is 4.69. The van der Waals surface area contributed by atoms with Crippen LogP contribution in [-0.2, 0) is 6.42 Å². The molecule has 0 aliphatic heterocycles. The monoisotopic (exact) mass is 218 g/mol. The number of aromatic nitrogens is 1. The van der Waals surface area contributed by atoms with Crippen LogP contribution in [-0.4, -0.2) is 17.2 Å². The number of hydrogen-bond donors (Lipinski definition) is 1. The Kier molecular flexibility index (Phi) is 4.08. The molecule has 0 fully saturated rings. The molecule has 5 heteroatoms. The zero-order valence-electron chi connectivity index (χ0n) is 8.17. The number of nitrogens with two attached hydrogens (primary N) is 1. The fourth-order valence-corrected chi connectivity index (χ4v) is 1.24. The average Bonchev–Trinajstić information content (AvgIpc) is 2.15. The number of nitrogens with zero attached hydrogens (tertiary/aromatic N) is 1. The lowest BCUT2D eigenvalue weighted by atomic mass is 10.1. The van der Waals surface area contributed by atoms with E-state index < -0.39 is 18.6 Å². The van der Waals surface area contributed by atoms with Gasteiger partial charge >= 0.3 is 6.18 Å². The fourth-order valence-electron chi connectivity index (χ4n) is 1.24. The van der Waals surface area contributed by atoms with Crippen molar-refractivity contribution in [1.29, 1.82) is 0 Å². The van der Waals surface area contributed by atoms with Gasteiger partial charge in [0.2, 0.25) is 0 Å². The second-order valence-corrected chi connectivity index (χ2v) is 3.44. The van der Waals surface area contributed by atoms with E-state index in [0.29, 0.717) is 6.42 Å². The molecule has 0 amide bonds. The third-order valence-corrected chi connectivity index (χ3v) is 2.00. The van der Waals surface area contributed by atoms with Crippen LogP contribution < -0.4 is 5.73 Å². The summed E-state index contributed by atoms with van der Waals surface area (Å²) in [7, 11) is 0. The summed E-state index contributed by atoms with van der Waals surface area (Å²) in [5, 5.41) is 0. The summed E-state index contributed by atoms with van der Waals surface area (Å²) in [6, 6.07) is 4.82. The maximum absolute atomic E-state index is 11.9. The topological polar surface area (TPSA) is 38.9 Å². The maximum atomic E-state index is 11.9. The molecule has 0 radical (unpaired) electrons. The van der Waals surface area contributed by atoms with Gasteiger partial charge < -0.3 is 5.73 Å². The first kappa shape index (κ1) is 12.0. The molecule has 0 bridgehead atoms. The number of halogens is 3. The lowest BCUT2D eigenvalue weighted by Gasteiger charge is -2.12. The molecule has 0 saturated carbocycles. The Hall–Kier alpha value is -1.10. The van der Waals surface area contributed by atoms with Gasteiger partial charge in [0.25, 0.3) is 0 Å². The minimum atomic E-state index is -4.12. The van der Waals surface area contributed by atoms with E-state index in [-0.39, 0.29) is 6.42 Å². The van der Waals surface area contributed by atoms with Gasteiger partial charge in [0, 0.05) is 30.8 Å². The molecule has 2 N–H and O–H groups in total. The SMILES string of the molecule is NC(CCC(F)(F)F)Cc1ccccn1. The van der Waals surface area contributed by atoms with E-state index in [1.165, 1.54) is 0 Å². The maximum Gasteiger partial charge on any atom is 0.389 e. The van der Waals surface area contributed by atoms with Crippen LogP contribution in [0.3, 0.4) is 0 Å². The third kappa shape index (κ3) is 5.37. The van der Waals surface area contributed by atoms with Crippen molar-refractivity contribution >= 4 is 0 Å². The highest BCUT2D eigenvalue weighted by Gasteiger charge is 2.27. The predicted octanol–water partition coefficient (Wildman–Crippen LogP) is 2.29. The molecule has 1 atom stereocenters. The van der Waals surface area contributed by atoms with E-state index in [0.717, 1.165) is 5.69 Å². The predicted molar refractivity (Wildman–Crippen MR) is 51.2 cm³/mol. The minimum absolute atomic E-state index is 0.0555. The number of pyridine rings is 1. The lowest BCUT2D eigenvalue weighted by molar-refractivity contribution is -0.136. The molecule has 2 nitrogen and oxygen atoms in total. The summed E-state index contributed by atoms with van der Waals surface area (Å²) in [5.41, 5.74) is 6.30. The van der Waals surface area contributed by atoms with Crippen molar-refractivity contribution in [2.75, 3.05) is 0 Å². The summed E-state index contributed by atoms with van der Waals surface area (Å²) in [5.74, 6) is 0. The zero-order chi connectivity index (χ0) is 11.3. The van der Waals surface area contributed by atoms with Gasteiger partial charge in [-0.05, 0) is 18.6 Å². The zero-order valence-corrected chi connectivity index (χ0v) is 8.17. The molecule has 84 valence electrons. The van der Waals surface area contributed by atoms with Crippen LogP contribution in [0, 0.1) is 0 Å². The second kappa shape index (κ2) is 5.11. The van der Waals surface area contributed by atoms with Crippen LogP contribution in [0.25, 0.3) is 0 Å². The van der Waals surface area contributed by atoms with Gasteiger partial charge in [-0.15, -0.1) is 0 Å². The van der Waals surface area contributed by atoms with Crippen LogP contribution in [0.4, 0.5) is 13.2 Å². The van der Waals surface area contributed by atoms with Gasteiger partial charge in [-0.3, -0.25) is 4.98 Å². The van der Waals surface area contributed by atoms with Crippen molar-refractivity contribution in [2.45, 2.75) is 31.5 Å². The van der Waals surface area contributed by atoms with Gasteiger partial charge in [-0.2, -0.15) is 13.2 Å². The van der Waals surface area contributed by atoms with Gasteiger partial charge in [-0.25, -0.2) is 0 Å². The molecule has 1 heterocycles. The number of hydrogen-bond acceptors (Lipinski definition) is 2. The molecule has 15 heavy (non-hydrogen) atoms. The first-order valence-electron chi connectivity index (χ1n) is 4.69. The van der Waals surface area contributed by atoms with E-state index in [4.69, 9.17) is 5.73 Å². The van der Waals surface area contributed by atoms with E-state index in [1.807, 2.05) is 0 Å². The van der Waals surface area contributed by atoms with Crippen molar-refractivity contribution < 1.29 is 13.2 Å². The van der Waals surface area contributed by atoms with Gasteiger partial charge in [0.15, 0.2) is 0 Å². The largest absolute Gasteiger partial charge is 0.389 e. The molecule has 1 unspecified atom stereocenters. The van der Waals surface area contributed by atoms with Crippen molar-refractivity contribution in [3.8, 4) is 0 Å². The summed E-state index contributed by atoms with van der Waals surface area (Å²) < 4.78 is 35.7. The molecule has 0 aliphatic rings. The van der Waals surface area contributed by atoms with Gasteiger partial charge in [-0.1, -0.05) is 6.07 Å². The van der Waals surface area contributed by atoms with Crippen LogP contribution in [0.2, 0.25) is 0 Å². The first-order chi connectivity index (χ1) is 6.97. The van der Waals surface area contributed by atoms with Crippen molar-refractivity contribution in [1.82, 2.24) is 4.98 Å². The van der Waals surface area contributed by atoms with Crippen LogP contribution in [0.15, 0.2) is 24.4 Å². The van der Waals surface area contributed by atoms with E-state index in [2.05, 4.69) is 4.98 Å². The molecule has 0 saturated heterocycles. The highest BCUT2D eigenvalue weighted by Crippen LogP contribution is 2.22. The van der Waals surface area contributed by atoms with E-state index in [9.17, 15) is 13.2 Å². The molecular formula is C10H13F3N2. The highest BCUT2D eigenvalue weighted by molar-refractivity contribution is 5.04. The van der Waals surface area contributed by atoms with Gasteiger partial charge in [0.05, 0.1) is 0 Å². The van der Waals surface area contributed by atoms with Crippen LogP contribution in [0.5, 0.6) is 0 Å². The summed E-state index contributed by atoms with van der Waals surface area (Å²) in [6.45, 7) is 0. The quantitative estimate of drug-likeness (QED) is 0.842. The molecule has 0 aromatic carbocycles. The number of alkyl halides is 3. The lowest BCUT2D eigenvalue weighted by Crippen LogP contribution is -2.25. The molecule has 1 aromatic rings. The standard InChI is InChI=1S/C10H13F3N2/c11-10(12,13)5-4-8(14)7-9-3-1-2-6-15-9/h1-3,6,8H,4-5,7,14H2. The smallest absolute Gasteiger partial charge is 0.327 e. The molecular weight excluding hydrogens is 205 g/mol. The Morgan fingerprint density at radius 2 is 2.07 bits per heavy atom. The average molecular weight is 218 g/mol. The summed E-state index contributed by atoms with van der Waals surface area (Å²) in [6.07, 6.45) is -3.02. The Morgan fingerprint density at radius 1 is 1.33 bits per heavy atom. The fraction of sp³-hybridized carbons (Fsp3) is 0.500. The summed E-state index contributed by atoms with van der Waals surface area (Å²) >= 11 is 0. The molecule has 1 aromatic heterocycles. The minimum Gasteiger partial charge on any atom is -0.327 e. The van der Waals surface area contributed by atoms with Crippen LogP contribution >= 0.6 is 0 Å². The third-order valence-electron chi connectivity index (χ3n) is 2.00. The number of rotatable bonds is 4. The summed E-state index contributed by atoms with van der Waals surface area (Å²) in [4.78, 5) is 4.00. The molecule has 0 aliphatic carbocycles. The van der Waals surface area contributed by atoms with Crippen molar-refractivity contribution in [2.24, 2.45) is 5.73 Å². The molecule has 1 rings (SSSR count). The van der Waals surface area contributed by atoms with Crippen molar-refractivity contribution in [3.63, 3.8) is 0 Å². The Morgan fingerprint density at radius 3 is 2.60 bits per heavy atom. The highest BCUT2D eigenvalue weighted by atomic mass is 19.4. The van der Waals surface area contributed by atoms with E-state index in [1.54, 1.807) is 24.4 Å². The van der Waals surface area contributed by atoms with E-state index >= 15 is 0 Å². The Balaban J connectivity index is 2.34. The normalized spacial score (nSPS) is 13.9. The molecule has 0 spiro atoms.